The predicted molar refractivity (Wildman–Crippen MR) is 272 cm³/mol. The van der Waals surface area contributed by atoms with Crippen molar-refractivity contribution in [2.45, 2.75) is 65.3 Å². The number of ketones is 2. The molecule has 1 unspecified atom stereocenters. The van der Waals surface area contributed by atoms with E-state index in [9.17, 15) is 42.3 Å². The van der Waals surface area contributed by atoms with Crippen LogP contribution in [0.2, 0.25) is 0 Å². The summed E-state index contributed by atoms with van der Waals surface area (Å²) in [5, 5.41) is 3.91. The van der Waals surface area contributed by atoms with Crippen molar-refractivity contribution in [1.29, 1.82) is 0 Å². The molecule has 3 amide bonds. The third-order valence-electron chi connectivity index (χ3n) is 11.7. The Kier molecular flexibility index (Phi) is 20.0. The van der Waals surface area contributed by atoms with Gasteiger partial charge in [-0.2, -0.15) is 13.5 Å². The second-order valence-electron chi connectivity index (χ2n) is 17.1. The minimum absolute atomic E-state index is 0. The van der Waals surface area contributed by atoms with Crippen molar-refractivity contribution in [3.8, 4) is 23.3 Å². The number of nitrogens with two attached hydrogens (primary N) is 1. The smallest absolute Gasteiger partial charge is 0.416 e. The van der Waals surface area contributed by atoms with Crippen LogP contribution in [0.15, 0.2) is 70.5 Å². The minimum atomic E-state index is -0.593. The molecular weight excluding hydrogens is 1060 g/mol. The Bertz CT molecular complexity index is 3300. The van der Waals surface area contributed by atoms with E-state index in [0.29, 0.717) is 71.5 Å². The monoisotopic (exact) mass is 1110 g/mol. The molecule has 4 aliphatic rings. The quantitative estimate of drug-likeness (QED) is 0.172. The first-order chi connectivity index (χ1) is 35.0. The molecule has 3 atom stereocenters. The van der Waals surface area contributed by atoms with Gasteiger partial charge in [0.05, 0.1) is 49.0 Å². The minimum Gasteiger partial charge on any atom is -0.485 e. The maximum Gasteiger partial charge on any atom is 0.416 e. The Morgan fingerprint density at radius 2 is 1.33 bits per heavy atom. The third kappa shape index (κ3) is 13.4. The average Bonchev–Trinajstić information content (AvgIpc) is 3.95. The zero-order chi connectivity index (χ0) is 52.1. The molecule has 2 fully saturated rings. The van der Waals surface area contributed by atoms with Gasteiger partial charge in [0.1, 0.15) is 31.1 Å². The van der Waals surface area contributed by atoms with Gasteiger partial charge in [0.25, 0.3) is 22.9 Å². The summed E-state index contributed by atoms with van der Waals surface area (Å²) in [5.74, 6) is -0.455. The van der Waals surface area contributed by atoms with Crippen molar-refractivity contribution in [2.75, 3.05) is 54.6 Å². The van der Waals surface area contributed by atoms with Gasteiger partial charge in [0, 0.05) is 62.1 Å². The Morgan fingerprint density at radius 1 is 0.789 bits per heavy atom. The number of aryl methyl sites for hydroxylation is 2. The fourth-order valence-electron chi connectivity index (χ4n) is 8.00. The molecule has 8 heterocycles. The molecule has 10 rings (SSSR count). The Hall–Kier alpha value is -7.68. The molecule has 2 aromatic carbocycles. The summed E-state index contributed by atoms with van der Waals surface area (Å²) in [6.45, 7) is 3.68. The zero-order valence-electron chi connectivity index (χ0n) is 40.7. The first-order valence-corrected chi connectivity index (χ1v) is 22.8. The van der Waals surface area contributed by atoms with Gasteiger partial charge >= 0.3 is 12.2 Å². The van der Waals surface area contributed by atoms with Crippen LogP contribution in [0.4, 0.5) is 35.8 Å². The Morgan fingerprint density at radius 3 is 1.93 bits per heavy atom. The van der Waals surface area contributed by atoms with Crippen LogP contribution in [0.3, 0.4) is 0 Å². The van der Waals surface area contributed by atoms with Gasteiger partial charge in [0.15, 0.2) is 58.8 Å². The summed E-state index contributed by atoms with van der Waals surface area (Å²) < 4.78 is 62.9. The molecule has 0 spiro atoms. The number of fused-ring (bicyclic) bond motifs is 4. The predicted octanol–water partition coefficient (Wildman–Crippen LogP) is 4.42. The first kappa shape index (κ1) is 59.2. The molecular formula is C49H54F2N10O13SV. The van der Waals surface area contributed by atoms with Gasteiger partial charge in [-0.05, 0) is 69.5 Å². The van der Waals surface area contributed by atoms with Crippen LogP contribution in [-0.4, -0.2) is 116 Å². The molecule has 0 saturated carbocycles. The number of nitrogens with one attached hydrogen (secondary N) is 1. The number of carbonyl (C=O) groups excluding carboxylic acids is 5. The molecule has 1 radical (unpaired) electrons. The molecule has 27 heteroatoms. The number of pyridine rings is 2. The van der Waals surface area contributed by atoms with Crippen LogP contribution in [0.1, 0.15) is 46.2 Å². The van der Waals surface area contributed by atoms with Crippen molar-refractivity contribution < 1.29 is 79.7 Å². The topological polar surface area (TPSA) is 281 Å². The van der Waals surface area contributed by atoms with Gasteiger partial charge in [-0.3, -0.25) is 33.8 Å². The number of benzene rings is 2. The van der Waals surface area contributed by atoms with Gasteiger partial charge < -0.3 is 48.6 Å². The zero-order valence-corrected chi connectivity index (χ0v) is 43.1. The summed E-state index contributed by atoms with van der Waals surface area (Å²) in [6.07, 6.45) is 2.64. The largest absolute Gasteiger partial charge is 0.485 e. The molecule has 3 N–H and O–H groups in total. The maximum atomic E-state index is 14.6. The van der Waals surface area contributed by atoms with Crippen LogP contribution >= 0.6 is 13.5 Å². The van der Waals surface area contributed by atoms with E-state index in [2.05, 4.69) is 25.3 Å². The van der Waals surface area contributed by atoms with Crippen LogP contribution in [-0.2, 0) is 62.9 Å². The number of Topliss-reactive ketones (excluding diaryl/α,β-unsaturated/α-hetero) is 2. The van der Waals surface area contributed by atoms with Crippen molar-refractivity contribution >= 4 is 82.4 Å². The number of rotatable bonds is 12. The molecule has 403 valence electrons. The summed E-state index contributed by atoms with van der Waals surface area (Å²) >= 11 is 0. The third-order valence-corrected chi connectivity index (χ3v) is 11.7. The van der Waals surface area contributed by atoms with E-state index < -0.39 is 23.8 Å². The van der Waals surface area contributed by atoms with E-state index in [-0.39, 0.29) is 148 Å². The van der Waals surface area contributed by atoms with Crippen LogP contribution in [0, 0.1) is 11.6 Å². The van der Waals surface area contributed by atoms with E-state index in [4.69, 9.17) is 34.2 Å². The number of hydrogen-bond donors (Lipinski definition) is 2. The standard InChI is InChI=1S/C25H25FN4O6.C13H12FNO3.C10H11N5O4.CH4.H2S.V/c1-14(35-23-18(26)8-6-15-7-9-21(32)29(2)22(15)23)4-3-5-17-12-30(25(33)36-17)20-11-27-24-19(28-20)10-16(31)13-34-24;1-8(16)7-18-13-10(14)5-3-9-4-6-11(17)15(2)12(9)13;11-1-5-3-15(10(17)19-5)6-2-12-9-8(13-6)14-7(16)4-18-9;;;/h6-9,11,14,17H,3-5,10,12-13H2,1-2H3;3-6H,7H2,1-2H3;2,5H,1,3-4,11H2,(H,13,14,16);1H4;1H2;/t14?,17-;;5-;;;/m0.0.../s1. The molecule has 23 nitrogen and oxygen atoms in total. The molecule has 6 aromatic rings. The summed E-state index contributed by atoms with van der Waals surface area (Å²) in [5.41, 5.74) is 6.10. The van der Waals surface area contributed by atoms with E-state index in [0.717, 1.165) is 0 Å². The first-order valence-electron chi connectivity index (χ1n) is 22.8. The van der Waals surface area contributed by atoms with Crippen molar-refractivity contribution in [3.05, 3.63) is 99.0 Å². The van der Waals surface area contributed by atoms with Gasteiger partial charge in [-0.1, -0.05) is 7.43 Å². The SMILES string of the molecule is C.CC(=O)COc1c(F)ccc2ccc(=O)n(C)c12.CC(CCC[C@H]1CN(c2cnc3c(n2)CC(=O)CO3)C(=O)O1)Oc1c(F)ccc2ccc(=O)n(C)c12.NC[C@H]1CN(c2cnc3c(n2)NC(=O)CO3)C(=O)O1.S.[V]. The van der Waals surface area contributed by atoms with Gasteiger partial charge in [-0.25, -0.2) is 38.3 Å². The molecule has 0 aliphatic carbocycles. The molecule has 76 heavy (non-hydrogen) atoms. The summed E-state index contributed by atoms with van der Waals surface area (Å²) in [4.78, 5) is 101. The fourth-order valence-corrected chi connectivity index (χ4v) is 8.00. The van der Waals surface area contributed by atoms with E-state index in [1.807, 2.05) is 6.92 Å². The number of nitrogens with zero attached hydrogens (tertiary/aromatic N) is 8. The fraction of sp³-hybridized carbons (Fsp3) is 0.367. The van der Waals surface area contributed by atoms with Gasteiger partial charge in [-0.15, -0.1) is 0 Å². The molecule has 4 aliphatic heterocycles. The number of aromatic nitrogens is 6. The number of cyclic esters (lactones) is 2. The summed E-state index contributed by atoms with van der Waals surface area (Å²) in [6, 6.07) is 11.8. The van der Waals surface area contributed by atoms with Crippen LogP contribution in [0.5, 0.6) is 23.3 Å². The van der Waals surface area contributed by atoms with Crippen molar-refractivity contribution in [3.63, 3.8) is 0 Å². The Labute approximate surface area is 451 Å². The number of ether oxygens (including phenoxy) is 6. The number of amides is 3. The average molecular weight is 1110 g/mol. The number of anilines is 3. The molecule has 4 aromatic heterocycles. The number of halogens is 2. The van der Waals surface area contributed by atoms with E-state index in [1.54, 1.807) is 31.3 Å². The van der Waals surface area contributed by atoms with Crippen molar-refractivity contribution in [1.82, 2.24) is 29.1 Å². The van der Waals surface area contributed by atoms with E-state index in [1.165, 1.54) is 69.6 Å². The maximum absolute atomic E-state index is 14.6. The van der Waals surface area contributed by atoms with Crippen molar-refractivity contribution in [2.24, 2.45) is 19.8 Å². The second kappa shape index (κ2) is 25.7. The summed E-state index contributed by atoms with van der Waals surface area (Å²) in [7, 11) is 3.12. The second-order valence-corrected chi connectivity index (χ2v) is 17.1. The Balaban J connectivity index is 0.000000226. The van der Waals surface area contributed by atoms with E-state index >= 15 is 0 Å². The normalized spacial score (nSPS) is 16.5. The molecule has 0 bridgehead atoms. The number of hydrogen-bond acceptors (Lipinski definition) is 18. The van der Waals surface area contributed by atoms with Crippen LogP contribution < -0.4 is 50.9 Å². The molecule has 2 saturated heterocycles. The number of carbonyl (C=O) groups is 5. The van der Waals surface area contributed by atoms with Crippen LogP contribution in [0.25, 0.3) is 21.8 Å². The van der Waals surface area contributed by atoms with Gasteiger partial charge in [0.2, 0.25) is 5.88 Å².